The number of aliphatic hydroxyl groups excluding tert-OH is 1. The third-order valence-corrected chi connectivity index (χ3v) is 4.90. The van der Waals surface area contributed by atoms with Crippen molar-refractivity contribution in [3.05, 3.63) is 54.6 Å². The zero-order valence-corrected chi connectivity index (χ0v) is 13.8. The van der Waals surface area contributed by atoms with E-state index in [0.29, 0.717) is 12.1 Å². The van der Waals surface area contributed by atoms with E-state index < -0.39 is 0 Å². The van der Waals surface area contributed by atoms with Crippen LogP contribution < -0.4 is 5.32 Å². The molecule has 100 valence electrons. The second-order valence-corrected chi connectivity index (χ2v) is 7.64. The van der Waals surface area contributed by atoms with Gasteiger partial charge < -0.3 is 10.4 Å². The molecule has 1 amide bonds. The molecule has 0 atom stereocenters. The van der Waals surface area contributed by atoms with Crippen LogP contribution in [0.5, 0.6) is 0 Å². The normalized spacial score (nSPS) is 10.5. The van der Waals surface area contributed by atoms with Crippen LogP contribution in [0.1, 0.15) is 21.5 Å². The van der Waals surface area contributed by atoms with Crippen LogP contribution in [0.4, 0.5) is 0 Å². The molecule has 3 nitrogen and oxygen atoms in total. The molecule has 0 radical (unpaired) electrons. The maximum atomic E-state index is 12.0. The Morgan fingerprint density at radius 2 is 1.84 bits per heavy atom. The largest absolute Gasteiger partial charge is 0.392 e. The molecular weight excluding hydrogens is 394 g/mol. The number of hydrogen-bond donors (Lipinski definition) is 2. The lowest BCUT2D eigenvalue weighted by Crippen LogP contribution is -2.22. The van der Waals surface area contributed by atoms with Crippen LogP contribution in [-0.4, -0.2) is 11.0 Å². The van der Waals surface area contributed by atoms with Crippen LogP contribution in [0.15, 0.2) is 37.9 Å². The van der Waals surface area contributed by atoms with Gasteiger partial charge in [-0.1, -0.05) is 24.3 Å². The monoisotopic (exact) mass is 403 g/mol. The lowest BCUT2D eigenvalue weighted by atomic mass is 10.1. The summed E-state index contributed by atoms with van der Waals surface area (Å²) in [6, 6.07) is 9.27. The topological polar surface area (TPSA) is 49.3 Å². The summed E-state index contributed by atoms with van der Waals surface area (Å²) in [5, 5.41) is 11.8. The van der Waals surface area contributed by atoms with E-state index in [1.54, 1.807) is 6.07 Å². The zero-order chi connectivity index (χ0) is 13.8. The molecular formula is C13H11Br2NO2S. The van der Waals surface area contributed by atoms with Crippen LogP contribution in [0.25, 0.3) is 0 Å². The van der Waals surface area contributed by atoms with Gasteiger partial charge in [0.05, 0.1) is 19.7 Å². The van der Waals surface area contributed by atoms with Gasteiger partial charge in [-0.15, -0.1) is 11.3 Å². The molecule has 0 saturated carbocycles. The van der Waals surface area contributed by atoms with Crippen molar-refractivity contribution in [2.24, 2.45) is 0 Å². The number of thiophene rings is 1. The molecule has 0 unspecified atom stereocenters. The Morgan fingerprint density at radius 3 is 2.37 bits per heavy atom. The van der Waals surface area contributed by atoms with Gasteiger partial charge in [0.25, 0.3) is 5.91 Å². The Morgan fingerprint density at radius 1 is 1.21 bits per heavy atom. The third kappa shape index (κ3) is 3.89. The lowest BCUT2D eigenvalue weighted by Gasteiger charge is -2.05. The molecule has 0 aliphatic rings. The van der Waals surface area contributed by atoms with Crippen molar-refractivity contribution in [2.45, 2.75) is 13.2 Å². The maximum Gasteiger partial charge on any atom is 0.253 e. The van der Waals surface area contributed by atoms with Gasteiger partial charge in [-0.2, -0.15) is 0 Å². The highest BCUT2D eigenvalue weighted by atomic mass is 79.9. The van der Waals surface area contributed by atoms with E-state index in [0.717, 1.165) is 18.7 Å². The Kier molecular flexibility index (Phi) is 5.15. The first-order valence-electron chi connectivity index (χ1n) is 5.52. The molecule has 19 heavy (non-hydrogen) atoms. The van der Waals surface area contributed by atoms with Gasteiger partial charge in [0.15, 0.2) is 0 Å². The van der Waals surface area contributed by atoms with Crippen LogP contribution in [0.3, 0.4) is 0 Å². The van der Waals surface area contributed by atoms with E-state index in [2.05, 4.69) is 37.2 Å². The van der Waals surface area contributed by atoms with Crippen molar-refractivity contribution in [3.63, 3.8) is 0 Å². The number of benzene rings is 1. The van der Waals surface area contributed by atoms with Crippen molar-refractivity contribution >= 4 is 49.1 Å². The number of carbonyl (C=O) groups excluding carboxylic acids is 1. The first-order chi connectivity index (χ1) is 9.10. The second kappa shape index (κ2) is 6.65. The third-order valence-electron chi connectivity index (χ3n) is 2.56. The summed E-state index contributed by atoms with van der Waals surface area (Å²) in [7, 11) is 0. The standard InChI is InChI=1S/C13H11Br2NO2S/c14-11-5-10(12(15)19-11)13(18)16-6-8-1-3-9(7-17)4-2-8/h1-5,17H,6-7H2,(H,16,18). The van der Waals surface area contributed by atoms with E-state index >= 15 is 0 Å². The second-order valence-electron chi connectivity index (χ2n) is 3.90. The van der Waals surface area contributed by atoms with Crippen molar-refractivity contribution in [1.82, 2.24) is 5.32 Å². The smallest absolute Gasteiger partial charge is 0.253 e. The highest BCUT2D eigenvalue weighted by Gasteiger charge is 2.13. The highest BCUT2D eigenvalue weighted by Crippen LogP contribution is 2.31. The van der Waals surface area contributed by atoms with E-state index in [1.807, 2.05) is 24.3 Å². The molecule has 1 heterocycles. The van der Waals surface area contributed by atoms with E-state index in [-0.39, 0.29) is 12.5 Å². The minimum absolute atomic E-state index is 0.0303. The van der Waals surface area contributed by atoms with Crippen molar-refractivity contribution in [2.75, 3.05) is 0 Å². The van der Waals surface area contributed by atoms with Crippen LogP contribution >= 0.6 is 43.2 Å². The minimum Gasteiger partial charge on any atom is -0.392 e. The minimum atomic E-state index is -0.111. The Hall–Kier alpha value is -0.690. The summed E-state index contributed by atoms with van der Waals surface area (Å²) in [6.45, 7) is 0.493. The molecule has 0 fully saturated rings. The maximum absolute atomic E-state index is 12.0. The van der Waals surface area contributed by atoms with Gasteiger partial charge >= 0.3 is 0 Å². The fourth-order valence-electron chi connectivity index (χ4n) is 1.54. The molecule has 0 aliphatic heterocycles. The molecule has 1 aromatic heterocycles. The lowest BCUT2D eigenvalue weighted by molar-refractivity contribution is 0.0950. The Bertz CT molecular complexity index is 581. The van der Waals surface area contributed by atoms with Crippen LogP contribution in [0, 0.1) is 0 Å². The van der Waals surface area contributed by atoms with Gasteiger partial charge in [-0.25, -0.2) is 0 Å². The summed E-state index contributed by atoms with van der Waals surface area (Å²) < 4.78 is 1.73. The number of amides is 1. The van der Waals surface area contributed by atoms with E-state index in [9.17, 15) is 4.79 Å². The number of hydrogen-bond acceptors (Lipinski definition) is 3. The summed E-state index contributed by atoms with van der Waals surface area (Å²) in [5.41, 5.74) is 2.49. The zero-order valence-electron chi connectivity index (χ0n) is 9.82. The van der Waals surface area contributed by atoms with Crippen molar-refractivity contribution in [3.8, 4) is 0 Å². The predicted octanol–water partition coefficient (Wildman–Crippen LogP) is 3.70. The number of aliphatic hydroxyl groups is 1. The number of carbonyl (C=O) groups is 1. The molecule has 1 aromatic carbocycles. The Labute approximate surface area is 131 Å². The predicted molar refractivity (Wildman–Crippen MR) is 83.3 cm³/mol. The fourth-order valence-corrected chi connectivity index (χ4v) is 4.33. The van der Waals surface area contributed by atoms with E-state index in [1.165, 1.54) is 11.3 Å². The van der Waals surface area contributed by atoms with Gasteiger partial charge in [-0.3, -0.25) is 4.79 Å². The van der Waals surface area contributed by atoms with Crippen LogP contribution in [0.2, 0.25) is 0 Å². The summed E-state index contributed by atoms with van der Waals surface area (Å²) in [6.07, 6.45) is 0. The quantitative estimate of drug-likeness (QED) is 0.816. The molecule has 0 aliphatic carbocycles. The number of halogens is 2. The molecule has 0 saturated heterocycles. The van der Waals surface area contributed by atoms with Crippen LogP contribution in [-0.2, 0) is 13.2 Å². The fraction of sp³-hybridized carbons (Fsp3) is 0.154. The first-order valence-corrected chi connectivity index (χ1v) is 7.92. The summed E-state index contributed by atoms with van der Waals surface area (Å²) in [5.74, 6) is -0.111. The number of nitrogens with one attached hydrogen (secondary N) is 1. The molecule has 2 aromatic rings. The Balaban J connectivity index is 1.98. The highest BCUT2D eigenvalue weighted by molar-refractivity contribution is 9.12. The van der Waals surface area contributed by atoms with Gasteiger partial charge in [0.2, 0.25) is 0 Å². The SMILES string of the molecule is O=C(NCc1ccc(CO)cc1)c1cc(Br)sc1Br. The number of rotatable bonds is 4. The average molecular weight is 405 g/mol. The average Bonchev–Trinajstić information content (AvgIpc) is 2.75. The van der Waals surface area contributed by atoms with Gasteiger partial charge in [0, 0.05) is 6.54 Å². The van der Waals surface area contributed by atoms with Crippen molar-refractivity contribution < 1.29 is 9.90 Å². The van der Waals surface area contributed by atoms with Crippen molar-refractivity contribution in [1.29, 1.82) is 0 Å². The molecule has 0 bridgehead atoms. The van der Waals surface area contributed by atoms with Gasteiger partial charge in [0.1, 0.15) is 0 Å². The molecule has 6 heteroatoms. The first kappa shape index (κ1) is 14.7. The molecule has 2 N–H and O–H groups in total. The summed E-state index contributed by atoms with van der Waals surface area (Å²) in [4.78, 5) is 12.0. The molecule has 0 spiro atoms. The van der Waals surface area contributed by atoms with Gasteiger partial charge in [-0.05, 0) is 49.1 Å². The van der Waals surface area contributed by atoms with E-state index in [4.69, 9.17) is 5.11 Å². The molecule has 2 rings (SSSR count). The summed E-state index contributed by atoms with van der Waals surface area (Å²) >= 11 is 8.18.